The molecule has 1 aromatic heterocycles. The van der Waals surface area contributed by atoms with Gasteiger partial charge < -0.3 is 15.0 Å². The second-order valence-electron chi connectivity index (χ2n) is 4.90. The van der Waals surface area contributed by atoms with Crippen molar-refractivity contribution >= 4 is 28.3 Å². The van der Waals surface area contributed by atoms with E-state index in [0.717, 1.165) is 0 Å². The van der Waals surface area contributed by atoms with Gasteiger partial charge in [-0.15, -0.1) is 11.3 Å². The van der Waals surface area contributed by atoms with E-state index in [4.69, 9.17) is 4.74 Å². The van der Waals surface area contributed by atoms with Crippen molar-refractivity contribution in [1.82, 2.24) is 9.88 Å². The lowest BCUT2D eigenvalue weighted by Crippen LogP contribution is -2.30. The Labute approximate surface area is 123 Å². The molecule has 0 aliphatic rings. The van der Waals surface area contributed by atoms with Gasteiger partial charge in [-0.05, 0) is 5.92 Å². The van der Waals surface area contributed by atoms with Crippen LogP contribution < -0.4 is 5.32 Å². The van der Waals surface area contributed by atoms with Crippen LogP contribution in [0.15, 0.2) is 5.38 Å². The highest BCUT2D eigenvalue weighted by molar-refractivity contribution is 7.14. The highest BCUT2D eigenvalue weighted by atomic mass is 32.1. The summed E-state index contributed by atoms with van der Waals surface area (Å²) < 4.78 is 4.92. The van der Waals surface area contributed by atoms with Crippen LogP contribution in [0.25, 0.3) is 0 Å². The molecule has 0 saturated carbocycles. The fourth-order valence-corrected chi connectivity index (χ4v) is 2.20. The van der Waals surface area contributed by atoms with E-state index in [2.05, 4.69) is 10.3 Å². The number of amides is 2. The summed E-state index contributed by atoms with van der Waals surface area (Å²) in [6.07, 6.45) is 0.441. The quantitative estimate of drug-likeness (QED) is 0.834. The lowest BCUT2D eigenvalue weighted by molar-refractivity contribution is -0.116. The van der Waals surface area contributed by atoms with Crippen molar-refractivity contribution in [2.75, 3.05) is 32.6 Å². The van der Waals surface area contributed by atoms with E-state index in [1.807, 2.05) is 13.8 Å². The summed E-state index contributed by atoms with van der Waals surface area (Å²) >= 11 is 1.25. The summed E-state index contributed by atoms with van der Waals surface area (Å²) in [4.78, 5) is 29.3. The van der Waals surface area contributed by atoms with Crippen LogP contribution in [0, 0.1) is 5.92 Å². The van der Waals surface area contributed by atoms with Gasteiger partial charge in [0.2, 0.25) is 5.91 Å². The third-order valence-corrected chi connectivity index (χ3v) is 3.30. The van der Waals surface area contributed by atoms with Gasteiger partial charge in [-0.3, -0.25) is 9.59 Å². The number of anilines is 1. The molecule has 1 heterocycles. The molecule has 0 unspecified atom stereocenters. The van der Waals surface area contributed by atoms with Crippen molar-refractivity contribution < 1.29 is 14.3 Å². The number of nitrogens with zero attached hydrogens (tertiary/aromatic N) is 2. The first-order chi connectivity index (χ1) is 9.43. The fraction of sp³-hybridized carbons (Fsp3) is 0.615. The first-order valence-electron chi connectivity index (χ1n) is 6.43. The van der Waals surface area contributed by atoms with E-state index in [9.17, 15) is 9.59 Å². The summed E-state index contributed by atoms with van der Waals surface area (Å²) in [5.74, 6) is 0.0278. The first kappa shape index (κ1) is 16.6. The Bertz CT molecular complexity index is 459. The number of thiazole rings is 1. The van der Waals surface area contributed by atoms with Gasteiger partial charge in [0.25, 0.3) is 5.91 Å². The maximum atomic E-state index is 12.0. The molecule has 20 heavy (non-hydrogen) atoms. The van der Waals surface area contributed by atoms with Crippen LogP contribution in [0.5, 0.6) is 0 Å². The lowest BCUT2D eigenvalue weighted by atomic mass is 10.1. The Morgan fingerprint density at radius 1 is 1.50 bits per heavy atom. The topological polar surface area (TPSA) is 71.5 Å². The van der Waals surface area contributed by atoms with Crippen LogP contribution in [-0.2, 0) is 9.53 Å². The molecule has 0 aliphatic heterocycles. The Morgan fingerprint density at radius 3 is 2.80 bits per heavy atom. The first-order valence-corrected chi connectivity index (χ1v) is 7.31. The second kappa shape index (κ2) is 7.96. The molecule has 7 heteroatoms. The van der Waals surface area contributed by atoms with Crippen molar-refractivity contribution in [1.29, 1.82) is 0 Å². The molecule has 0 radical (unpaired) electrons. The third kappa shape index (κ3) is 5.26. The van der Waals surface area contributed by atoms with E-state index in [-0.39, 0.29) is 17.7 Å². The zero-order chi connectivity index (χ0) is 15.1. The van der Waals surface area contributed by atoms with Gasteiger partial charge in [-0.1, -0.05) is 13.8 Å². The summed E-state index contributed by atoms with van der Waals surface area (Å²) in [5, 5.41) is 4.81. The Hall–Kier alpha value is -1.47. The lowest BCUT2D eigenvalue weighted by Gasteiger charge is -2.14. The van der Waals surface area contributed by atoms with Crippen LogP contribution in [-0.4, -0.2) is 49.0 Å². The molecule has 1 aromatic rings. The van der Waals surface area contributed by atoms with Crippen molar-refractivity contribution in [3.8, 4) is 0 Å². The van der Waals surface area contributed by atoms with E-state index < -0.39 is 0 Å². The van der Waals surface area contributed by atoms with Crippen LogP contribution in [0.4, 0.5) is 5.13 Å². The molecule has 1 N–H and O–H groups in total. The Morgan fingerprint density at radius 2 is 2.20 bits per heavy atom. The predicted octanol–water partition coefficient (Wildman–Crippen LogP) is 1.85. The van der Waals surface area contributed by atoms with Gasteiger partial charge in [0, 0.05) is 32.5 Å². The second-order valence-corrected chi connectivity index (χ2v) is 5.76. The minimum Gasteiger partial charge on any atom is -0.383 e. The molecule has 2 amide bonds. The van der Waals surface area contributed by atoms with E-state index in [1.54, 1.807) is 19.5 Å². The third-order valence-electron chi connectivity index (χ3n) is 2.54. The molecule has 112 valence electrons. The number of nitrogens with one attached hydrogen (secondary N) is 1. The minimum atomic E-state index is -0.178. The molecule has 0 spiro atoms. The highest BCUT2D eigenvalue weighted by Crippen LogP contribution is 2.17. The number of carbonyl (C=O) groups is 2. The SMILES string of the molecule is COCCN(C)C(=O)c1csc(NC(=O)CC(C)C)n1. The van der Waals surface area contributed by atoms with Crippen LogP contribution in [0.3, 0.4) is 0 Å². The minimum absolute atomic E-state index is 0.0823. The van der Waals surface area contributed by atoms with Gasteiger partial charge in [-0.2, -0.15) is 0 Å². The molecule has 0 aromatic carbocycles. The fourth-order valence-electron chi connectivity index (χ4n) is 1.50. The number of aromatic nitrogens is 1. The normalized spacial score (nSPS) is 10.7. The van der Waals surface area contributed by atoms with Gasteiger partial charge in [0.05, 0.1) is 6.61 Å². The van der Waals surface area contributed by atoms with Crippen LogP contribution in [0.2, 0.25) is 0 Å². The molecule has 0 bridgehead atoms. The van der Waals surface area contributed by atoms with Crippen molar-refractivity contribution in [2.45, 2.75) is 20.3 Å². The average Bonchev–Trinajstić information content (AvgIpc) is 2.82. The number of hydrogen-bond donors (Lipinski definition) is 1. The zero-order valence-corrected chi connectivity index (χ0v) is 13.1. The van der Waals surface area contributed by atoms with Crippen LogP contribution in [0.1, 0.15) is 30.8 Å². The van der Waals surface area contributed by atoms with E-state index >= 15 is 0 Å². The smallest absolute Gasteiger partial charge is 0.273 e. The van der Waals surface area contributed by atoms with Crippen molar-refractivity contribution in [3.63, 3.8) is 0 Å². The number of hydrogen-bond acceptors (Lipinski definition) is 5. The molecular weight excluding hydrogens is 278 g/mol. The standard InChI is InChI=1S/C13H21N3O3S/c1-9(2)7-11(17)15-13-14-10(8-20-13)12(18)16(3)5-6-19-4/h8-9H,5-7H2,1-4H3,(H,14,15,17). The summed E-state index contributed by atoms with van der Waals surface area (Å²) in [6, 6.07) is 0. The summed E-state index contributed by atoms with van der Waals surface area (Å²) in [7, 11) is 3.28. The van der Waals surface area contributed by atoms with Crippen molar-refractivity contribution in [3.05, 3.63) is 11.1 Å². The molecule has 6 nitrogen and oxygen atoms in total. The number of likely N-dealkylation sites (N-methyl/N-ethyl adjacent to an activating group) is 1. The number of methoxy groups -OCH3 is 1. The number of carbonyl (C=O) groups excluding carboxylic acids is 2. The largest absolute Gasteiger partial charge is 0.383 e. The van der Waals surface area contributed by atoms with Gasteiger partial charge >= 0.3 is 0 Å². The van der Waals surface area contributed by atoms with E-state index in [1.165, 1.54) is 16.2 Å². The molecule has 0 aliphatic carbocycles. The molecule has 0 fully saturated rings. The Kier molecular flexibility index (Phi) is 6.60. The summed E-state index contributed by atoms with van der Waals surface area (Å²) in [6.45, 7) is 4.93. The predicted molar refractivity (Wildman–Crippen MR) is 79.0 cm³/mol. The maximum Gasteiger partial charge on any atom is 0.273 e. The van der Waals surface area contributed by atoms with E-state index in [0.29, 0.717) is 30.4 Å². The zero-order valence-electron chi connectivity index (χ0n) is 12.3. The van der Waals surface area contributed by atoms with Gasteiger partial charge in [-0.25, -0.2) is 4.98 Å². The van der Waals surface area contributed by atoms with Gasteiger partial charge in [0.15, 0.2) is 5.13 Å². The summed E-state index contributed by atoms with van der Waals surface area (Å²) in [5.41, 5.74) is 0.341. The number of rotatable bonds is 7. The molecular formula is C13H21N3O3S. The monoisotopic (exact) mass is 299 g/mol. The molecule has 0 atom stereocenters. The number of ether oxygens (including phenoxy) is 1. The van der Waals surface area contributed by atoms with Crippen LogP contribution >= 0.6 is 11.3 Å². The molecule has 1 rings (SSSR count). The average molecular weight is 299 g/mol. The Balaban J connectivity index is 2.58. The van der Waals surface area contributed by atoms with Crippen molar-refractivity contribution in [2.24, 2.45) is 5.92 Å². The molecule has 0 saturated heterocycles. The highest BCUT2D eigenvalue weighted by Gasteiger charge is 2.16. The van der Waals surface area contributed by atoms with Gasteiger partial charge in [0.1, 0.15) is 5.69 Å². The maximum absolute atomic E-state index is 12.0.